The summed E-state index contributed by atoms with van der Waals surface area (Å²) >= 11 is 0. The van der Waals surface area contributed by atoms with E-state index in [0.29, 0.717) is 24.6 Å². The predicted octanol–water partition coefficient (Wildman–Crippen LogP) is 1.32. The Labute approximate surface area is 177 Å². The number of nitrogens with zero attached hydrogens (tertiary/aromatic N) is 1. The second kappa shape index (κ2) is 8.12. The Morgan fingerprint density at radius 2 is 2.00 bits per heavy atom. The first-order valence-electron chi connectivity index (χ1n) is 11.3. The Bertz CT molecular complexity index is 868. The van der Waals surface area contributed by atoms with Crippen molar-refractivity contribution in [3.8, 4) is 0 Å². The lowest BCUT2D eigenvalue weighted by Gasteiger charge is -2.42. The summed E-state index contributed by atoms with van der Waals surface area (Å²) in [5.41, 5.74) is 2.77. The number of piperidine rings is 2. The molecule has 160 valence electrons. The molecule has 3 aliphatic heterocycles. The fourth-order valence-corrected chi connectivity index (χ4v) is 5.82. The number of imide groups is 1. The average molecular weight is 411 g/mol. The zero-order chi connectivity index (χ0) is 20.7. The van der Waals surface area contributed by atoms with Crippen LogP contribution in [0.2, 0.25) is 0 Å². The summed E-state index contributed by atoms with van der Waals surface area (Å²) in [7, 11) is 0. The normalized spacial score (nSPS) is 31.3. The van der Waals surface area contributed by atoms with Crippen LogP contribution in [0.1, 0.15) is 60.0 Å². The van der Waals surface area contributed by atoms with Crippen molar-refractivity contribution in [2.24, 2.45) is 11.8 Å². The van der Waals surface area contributed by atoms with Crippen molar-refractivity contribution in [1.29, 1.82) is 0 Å². The summed E-state index contributed by atoms with van der Waals surface area (Å²) in [5, 5.41) is 9.66. The number of amides is 3. The Morgan fingerprint density at radius 1 is 1.10 bits per heavy atom. The number of carbonyl (C=O) groups excluding carboxylic acids is 3. The zero-order valence-electron chi connectivity index (χ0n) is 17.3. The highest BCUT2D eigenvalue weighted by Crippen LogP contribution is 2.34. The molecular formula is C23H30N4O3. The summed E-state index contributed by atoms with van der Waals surface area (Å²) in [4.78, 5) is 38.2. The van der Waals surface area contributed by atoms with E-state index in [1.165, 1.54) is 25.7 Å². The second-order valence-corrected chi connectivity index (χ2v) is 9.23. The molecule has 2 saturated heterocycles. The molecule has 1 aromatic rings. The van der Waals surface area contributed by atoms with E-state index in [1.54, 1.807) is 4.90 Å². The molecule has 30 heavy (non-hydrogen) atoms. The van der Waals surface area contributed by atoms with E-state index in [-0.39, 0.29) is 24.1 Å². The molecule has 3 N–H and O–H groups in total. The number of benzene rings is 1. The van der Waals surface area contributed by atoms with Crippen molar-refractivity contribution in [1.82, 2.24) is 20.9 Å². The summed E-state index contributed by atoms with van der Waals surface area (Å²) in [5.74, 6) is 0.820. The molecule has 0 radical (unpaired) electrons. The fourth-order valence-electron chi connectivity index (χ4n) is 5.82. The van der Waals surface area contributed by atoms with Crippen molar-refractivity contribution < 1.29 is 14.4 Å². The van der Waals surface area contributed by atoms with Crippen molar-refractivity contribution >= 4 is 17.7 Å². The van der Waals surface area contributed by atoms with Crippen molar-refractivity contribution in [2.75, 3.05) is 13.1 Å². The van der Waals surface area contributed by atoms with Gasteiger partial charge in [-0.2, -0.15) is 0 Å². The first-order valence-corrected chi connectivity index (χ1v) is 11.3. The molecule has 5 rings (SSSR count). The van der Waals surface area contributed by atoms with Gasteiger partial charge in [-0.05, 0) is 67.8 Å². The number of hydrogen-bond acceptors (Lipinski definition) is 5. The first kappa shape index (κ1) is 19.7. The predicted molar refractivity (Wildman–Crippen MR) is 111 cm³/mol. The van der Waals surface area contributed by atoms with Crippen LogP contribution in [0.25, 0.3) is 0 Å². The summed E-state index contributed by atoms with van der Waals surface area (Å²) in [6.45, 7) is 3.46. The van der Waals surface area contributed by atoms with Crippen molar-refractivity contribution in [2.45, 2.75) is 63.7 Å². The Morgan fingerprint density at radius 3 is 2.87 bits per heavy atom. The van der Waals surface area contributed by atoms with E-state index in [2.05, 4.69) is 22.0 Å². The minimum atomic E-state index is -0.553. The van der Waals surface area contributed by atoms with E-state index < -0.39 is 6.04 Å². The Hall–Kier alpha value is -2.25. The van der Waals surface area contributed by atoms with E-state index in [9.17, 15) is 14.4 Å². The minimum Gasteiger partial charge on any atom is -0.322 e. The SMILES string of the molecule is O=C1CCC(N2Cc3ccc(CNC4CCCC5CNCCC54)cc3C2=O)C(=O)N1. The molecule has 7 nitrogen and oxygen atoms in total. The van der Waals surface area contributed by atoms with Gasteiger partial charge >= 0.3 is 0 Å². The van der Waals surface area contributed by atoms with Gasteiger partial charge in [0.15, 0.2) is 0 Å². The third-order valence-electron chi connectivity index (χ3n) is 7.43. The van der Waals surface area contributed by atoms with Crippen LogP contribution in [0.4, 0.5) is 0 Å². The van der Waals surface area contributed by atoms with Gasteiger partial charge in [0.25, 0.3) is 5.91 Å². The van der Waals surface area contributed by atoms with Gasteiger partial charge in [0.05, 0.1) is 0 Å². The van der Waals surface area contributed by atoms with Crippen LogP contribution in [0, 0.1) is 11.8 Å². The Balaban J connectivity index is 1.25. The van der Waals surface area contributed by atoms with Crippen LogP contribution in [0.5, 0.6) is 0 Å². The van der Waals surface area contributed by atoms with Crippen molar-refractivity contribution in [3.63, 3.8) is 0 Å². The molecule has 0 bridgehead atoms. The summed E-state index contributed by atoms with van der Waals surface area (Å²) in [6.07, 6.45) is 5.77. The number of carbonyl (C=O) groups is 3. The number of rotatable bonds is 4. The first-order chi connectivity index (χ1) is 14.6. The third kappa shape index (κ3) is 3.65. The van der Waals surface area contributed by atoms with Crippen LogP contribution < -0.4 is 16.0 Å². The molecule has 7 heteroatoms. The minimum absolute atomic E-state index is 0.0996. The molecular weight excluding hydrogens is 380 g/mol. The smallest absolute Gasteiger partial charge is 0.255 e. The lowest BCUT2D eigenvalue weighted by molar-refractivity contribution is -0.136. The van der Waals surface area contributed by atoms with E-state index in [1.807, 2.05) is 12.1 Å². The standard InChI is InChI=1S/C23H30N4O3/c28-21-7-6-20(22(29)26-21)27-13-16-5-4-14(10-18(16)23(27)30)11-25-19-3-1-2-15-12-24-9-8-17(15)19/h4-5,10,15,17,19-20,24-25H,1-3,6-9,11-13H2,(H,26,28,29). The molecule has 0 spiro atoms. The summed E-state index contributed by atoms with van der Waals surface area (Å²) in [6, 6.07) is 6.09. The molecule has 3 heterocycles. The van der Waals surface area contributed by atoms with Gasteiger partial charge < -0.3 is 15.5 Å². The van der Waals surface area contributed by atoms with Gasteiger partial charge in [0.1, 0.15) is 6.04 Å². The molecule has 4 unspecified atom stereocenters. The molecule has 1 aromatic carbocycles. The van der Waals surface area contributed by atoms with Gasteiger partial charge in [-0.3, -0.25) is 19.7 Å². The highest BCUT2D eigenvalue weighted by atomic mass is 16.2. The Kier molecular flexibility index (Phi) is 5.33. The van der Waals surface area contributed by atoms with Crippen LogP contribution in [0.3, 0.4) is 0 Å². The number of fused-ring (bicyclic) bond motifs is 2. The largest absolute Gasteiger partial charge is 0.322 e. The van der Waals surface area contributed by atoms with E-state index in [4.69, 9.17) is 0 Å². The van der Waals surface area contributed by atoms with Crippen LogP contribution in [0.15, 0.2) is 18.2 Å². The number of hydrogen-bond donors (Lipinski definition) is 3. The molecule has 1 aliphatic carbocycles. The van der Waals surface area contributed by atoms with Gasteiger partial charge in [-0.25, -0.2) is 0 Å². The molecule has 4 atom stereocenters. The zero-order valence-corrected chi connectivity index (χ0v) is 17.3. The second-order valence-electron chi connectivity index (χ2n) is 9.23. The van der Waals surface area contributed by atoms with Gasteiger partial charge in [-0.1, -0.05) is 18.6 Å². The molecule has 0 aromatic heterocycles. The monoisotopic (exact) mass is 410 g/mol. The van der Waals surface area contributed by atoms with Crippen LogP contribution in [-0.4, -0.2) is 47.8 Å². The molecule has 3 fully saturated rings. The van der Waals surface area contributed by atoms with E-state index >= 15 is 0 Å². The number of nitrogens with one attached hydrogen (secondary N) is 3. The maximum atomic E-state index is 13.0. The third-order valence-corrected chi connectivity index (χ3v) is 7.43. The maximum absolute atomic E-state index is 13.0. The lowest BCUT2D eigenvalue weighted by atomic mass is 9.72. The molecule has 4 aliphatic rings. The van der Waals surface area contributed by atoms with Crippen LogP contribution in [-0.2, 0) is 22.7 Å². The van der Waals surface area contributed by atoms with E-state index in [0.717, 1.165) is 42.6 Å². The quantitative estimate of drug-likeness (QED) is 0.652. The highest BCUT2D eigenvalue weighted by Gasteiger charge is 2.39. The van der Waals surface area contributed by atoms with Crippen LogP contribution >= 0.6 is 0 Å². The van der Waals surface area contributed by atoms with Gasteiger partial charge in [-0.15, -0.1) is 0 Å². The average Bonchev–Trinajstić information content (AvgIpc) is 3.08. The fraction of sp³-hybridized carbons (Fsp3) is 0.609. The van der Waals surface area contributed by atoms with Crippen molar-refractivity contribution in [3.05, 3.63) is 34.9 Å². The summed E-state index contributed by atoms with van der Waals surface area (Å²) < 4.78 is 0. The topological polar surface area (TPSA) is 90.5 Å². The molecule has 3 amide bonds. The highest BCUT2D eigenvalue weighted by molar-refractivity contribution is 6.05. The molecule has 1 saturated carbocycles. The lowest BCUT2D eigenvalue weighted by Crippen LogP contribution is -2.52. The van der Waals surface area contributed by atoms with Gasteiger partial charge in [0, 0.05) is 31.1 Å². The van der Waals surface area contributed by atoms with Gasteiger partial charge in [0.2, 0.25) is 11.8 Å². The maximum Gasteiger partial charge on any atom is 0.255 e.